The van der Waals surface area contributed by atoms with E-state index in [-0.39, 0.29) is 17.9 Å². The lowest BCUT2D eigenvalue weighted by Gasteiger charge is -2.31. The van der Waals surface area contributed by atoms with Gasteiger partial charge in [-0.05, 0) is 37.8 Å². The molecule has 4 rings (SSSR count). The van der Waals surface area contributed by atoms with Gasteiger partial charge in [0.15, 0.2) is 5.82 Å². The normalized spacial score (nSPS) is 17.6. The van der Waals surface area contributed by atoms with Crippen LogP contribution < -0.4 is 15.5 Å². The Kier molecular flexibility index (Phi) is 5.65. The number of hydrogen-bond acceptors (Lipinski definition) is 7. The average molecular weight is 401 g/mol. The molecule has 2 aromatic heterocycles. The summed E-state index contributed by atoms with van der Waals surface area (Å²) in [4.78, 5) is 33.5. The van der Waals surface area contributed by atoms with Gasteiger partial charge in [-0.1, -0.05) is 11.3 Å². The van der Waals surface area contributed by atoms with Gasteiger partial charge in [-0.25, -0.2) is 9.78 Å². The third-order valence-electron chi connectivity index (χ3n) is 5.18. The van der Waals surface area contributed by atoms with Crippen molar-refractivity contribution >= 4 is 39.9 Å². The number of anilines is 3. The van der Waals surface area contributed by atoms with E-state index in [0.717, 1.165) is 37.4 Å². The summed E-state index contributed by atoms with van der Waals surface area (Å²) < 4.78 is 0. The van der Waals surface area contributed by atoms with E-state index in [9.17, 15) is 9.59 Å². The molecule has 10 heteroatoms. The monoisotopic (exact) mass is 401 g/mol. The van der Waals surface area contributed by atoms with Gasteiger partial charge in [-0.3, -0.25) is 4.79 Å². The van der Waals surface area contributed by atoms with Gasteiger partial charge >= 0.3 is 6.03 Å². The van der Waals surface area contributed by atoms with E-state index in [1.807, 2.05) is 12.1 Å². The summed E-state index contributed by atoms with van der Waals surface area (Å²) in [5, 5.41) is 13.9. The molecule has 0 saturated carbocycles. The Balaban J connectivity index is 1.32. The standard InChI is InChI=1S/C18H23N7O2S/c26-16(22-17-23-20-12-28-17)13-5-10-25(11-6-13)18(27)21-14-4-3-7-19-15(14)24-8-1-2-9-24/h3-4,7,12-13H,1-2,5-6,8-11H2,(H,21,27)(H,22,23,26). The predicted molar refractivity (Wildman–Crippen MR) is 108 cm³/mol. The van der Waals surface area contributed by atoms with Crippen molar-refractivity contribution in [1.29, 1.82) is 0 Å². The van der Waals surface area contributed by atoms with Crippen LogP contribution in [0.5, 0.6) is 0 Å². The van der Waals surface area contributed by atoms with Gasteiger partial charge in [0.25, 0.3) is 0 Å². The van der Waals surface area contributed by atoms with Gasteiger partial charge in [0.2, 0.25) is 11.0 Å². The highest BCUT2D eigenvalue weighted by Crippen LogP contribution is 2.27. The Bertz CT molecular complexity index is 815. The number of piperidine rings is 1. The number of carbonyl (C=O) groups excluding carboxylic acids is 2. The van der Waals surface area contributed by atoms with Crippen LogP contribution in [0.4, 0.5) is 21.4 Å². The van der Waals surface area contributed by atoms with Gasteiger partial charge in [0.1, 0.15) is 5.51 Å². The summed E-state index contributed by atoms with van der Waals surface area (Å²) in [5.41, 5.74) is 2.32. The number of carbonyl (C=O) groups is 2. The molecule has 2 aromatic rings. The van der Waals surface area contributed by atoms with Crippen LogP contribution >= 0.6 is 11.3 Å². The van der Waals surface area contributed by atoms with Crippen molar-refractivity contribution < 1.29 is 9.59 Å². The first-order valence-electron chi connectivity index (χ1n) is 9.53. The van der Waals surface area contributed by atoms with Gasteiger partial charge in [-0.15, -0.1) is 10.2 Å². The topological polar surface area (TPSA) is 103 Å². The molecule has 0 bridgehead atoms. The molecular weight excluding hydrogens is 378 g/mol. The van der Waals surface area contributed by atoms with Crippen molar-refractivity contribution in [1.82, 2.24) is 20.1 Å². The number of rotatable bonds is 4. The molecule has 0 atom stereocenters. The van der Waals surface area contributed by atoms with Crippen LogP contribution in [0.15, 0.2) is 23.8 Å². The Morgan fingerprint density at radius 2 is 1.89 bits per heavy atom. The van der Waals surface area contributed by atoms with E-state index in [1.54, 1.807) is 16.6 Å². The van der Waals surface area contributed by atoms with Crippen LogP contribution in [0.25, 0.3) is 0 Å². The number of nitrogens with zero attached hydrogens (tertiary/aromatic N) is 5. The maximum atomic E-state index is 12.7. The Morgan fingerprint density at radius 1 is 1.11 bits per heavy atom. The van der Waals surface area contributed by atoms with E-state index >= 15 is 0 Å². The van der Waals surface area contributed by atoms with Gasteiger partial charge < -0.3 is 20.4 Å². The van der Waals surface area contributed by atoms with Gasteiger partial charge in [0.05, 0.1) is 5.69 Å². The fourth-order valence-corrected chi connectivity index (χ4v) is 4.10. The van der Waals surface area contributed by atoms with Gasteiger partial charge in [0, 0.05) is 38.3 Å². The van der Waals surface area contributed by atoms with Crippen molar-refractivity contribution in [2.24, 2.45) is 5.92 Å². The first kappa shape index (κ1) is 18.6. The predicted octanol–water partition coefficient (Wildman–Crippen LogP) is 2.42. The number of likely N-dealkylation sites (tertiary alicyclic amines) is 1. The van der Waals surface area contributed by atoms with Crippen LogP contribution in [-0.2, 0) is 4.79 Å². The molecule has 2 fully saturated rings. The molecule has 148 valence electrons. The number of amides is 3. The molecular formula is C18H23N7O2S. The molecule has 0 spiro atoms. The maximum Gasteiger partial charge on any atom is 0.321 e. The van der Waals surface area contributed by atoms with Crippen molar-refractivity contribution in [2.75, 3.05) is 41.7 Å². The summed E-state index contributed by atoms with van der Waals surface area (Å²) in [6, 6.07) is 3.58. The van der Waals surface area contributed by atoms with Crippen LogP contribution in [0.1, 0.15) is 25.7 Å². The average Bonchev–Trinajstić information content (AvgIpc) is 3.43. The molecule has 28 heavy (non-hydrogen) atoms. The number of aromatic nitrogens is 3. The molecule has 9 nitrogen and oxygen atoms in total. The summed E-state index contributed by atoms with van der Waals surface area (Å²) in [7, 11) is 0. The quantitative estimate of drug-likeness (QED) is 0.815. The third kappa shape index (κ3) is 4.22. The van der Waals surface area contributed by atoms with Crippen LogP contribution in [0, 0.1) is 5.92 Å². The van der Waals surface area contributed by atoms with E-state index in [0.29, 0.717) is 31.1 Å². The van der Waals surface area contributed by atoms with Crippen LogP contribution in [0.3, 0.4) is 0 Å². The largest absolute Gasteiger partial charge is 0.355 e. The second kappa shape index (κ2) is 8.51. The third-order valence-corrected chi connectivity index (χ3v) is 5.78. The molecule has 0 aromatic carbocycles. The Morgan fingerprint density at radius 3 is 2.61 bits per heavy atom. The summed E-state index contributed by atoms with van der Waals surface area (Å²) in [6.45, 7) is 3.02. The van der Waals surface area contributed by atoms with Crippen molar-refractivity contribution in [3.63, 3.8) is 0 Å². The van der Waals surface area contributed by atoms with E-state index in [2.05, 4.69) is 30.7 Å². The lowest BCUT2D eigenvalue weighted by Crippen LogP contribution is -2.43. The summed E-state index contributed by atoms with van der Waals surface area (Å²) in [6.07, 6.45) is 5.31. The van der Waals surface area contributed by atoms with Crippen LogP contribution in [0.2, 0.25) is 0 Å². The Labute approximate surface area is 167 Å². The zero-order valence-electron chi connectivity index (χ0n) is 15.5. The molecule has 2 saturated heterocycles. The number of urea groups is 1. The van der Waals surface area contributed by atoms with E-state index in [1.165, 1.54) is 11.3 Å². The van der Waals surface area contributed by atoms with E-state index < -0.39 is 0 Å². The summed E-state index contributed by atoms with van der Waals surface area (Å²) in [5.74, 6) is 0.659. The second-order valence-corrected chi connectivity index (χ2v) is 7.83. The zero-order chi connectivity index (χ0) is 19.3. The van der Waals surface area contributed by atoms with Crippen molar-refractivity contribution in [3.05, 3.63) is 23.8 Å². The molecule has 2 N–H and O–H groups in total. The highest BCUT2D eigenvalue weighted by Gasteiger charge is 2.28. The molecule has 0 unspecified atom stereocenters. The van der Waals surface area contributed by atoms with E-state index in [4.69, 9.17) is 0 Å². The highest BCUT2D eigenvalue weighted by atomic mass is 32.1. The molecule has 0 aliphatic carbocycles. The number of pyridine rings is 1. The van der Waals surface area contributed by atoms with Gasteiger partial charge in [-0.2, -0.15) is 0 Å². The molecule has 4 heterocycles. The summed E-state index contributed by atoms with van der Waals surface area (Å²) >= 11 is 1.30. The minimum absolute atomic E-state index is 0.0552. The smallest absolute Gasteiger partial charge is 0.321 e. The second-order valence-electron chi connectivity index (χ2n) is 6.99. The first-order chi connectivity index (χ1) is 13.7. The zero-order valence-corrected chi connectivity index (χ0v) is 16.3. The van der Waals surface area contributed by atoms with Crippen molar-refractivity contribution in [3.8, 4) is 0 Å². The SMILES string of the molecule is O=C(Nc1nncs1)C1CCN(C(=O)Nc2cccnc2N2CCCC2)CC1. The number of nitrogens with one attached hydrogen (secondary N) is 2. The number of hydrogen-bond donors (Lipinski definition) is 2. The first-order valence-corrected chi connectivity index (χ1v) is 10.4. The lowest BCUT2D eigenvalue weighted by molar-refractivity contribution is -0.121. The minimum atomic E-state index is -0.142. The fraction of sp³-hybridized carbons (Fsp3) is 0.500. The molecule has 2 aliphatic heterocycles. The minimum Gasteiger partial charge on any atom is -0.355 e. The molecule has 2 aliphatic rings. The molecule has 0 radical (unpaired) electrons. The Hall–Kier alpha value is -2.75. The highest BCUT2D eigenvalue weighted by molar-refractivity contribution is 7.13. The fourth-order valence-electron chi connectivity index (χ4n) is 3.65. The lowest BCUT2D eigenvalue weighted by atomic mass is 9.96. The van der Waals surface area contributed by atoms with Crippen molar-refractivity contribution in [2.45, 2.75) is 25.7 Å². The molecule has 3 amide bonds. The van der Waals surface area contributed by atoms with Crippen LogP contribution in [-0.4, -0.2) is 58.2 Å². The maximum absolute atomic E-state index is 12.7.